The average molecular weight is 276 g/mol. The number of nitrogens with one attached hydrogen (secondary N) is 1. The summed E-state index contributed by atoms with van der Waals surface area (Å²) in [5.74, 6) is 5.28. The quantitative estimate of drug-likeness (QED) is 0.657. The van der Waals surface area contributed by atoms with Crippen LogP contribution in [0.5, 0.6) is 0 Å². The first-order valence-electron chi connectivity index (χ1n) is 7.13. The van der Waals surface area contributed by atoms with Crippen LogP contribution in [0.4, 0.5) is 5.69 Å². The van der Waals surface area contributed by atoms with Crippen molar-refractivity contribution >= 4 is 11.6 Å². The minimum Gasteiger partial charge on any atom is -0.337 e. The van der Waals surface area contributed by atoms with Crippen molar-refractivity contribution in [1.29, 1.82) is 0 Å². The number of carbonyl (C=O) groups excluding carboxylic acids is 1. The number of anilines is 1. The molecule has 0 spiro atoms. The maximum atomic E-state index is 12.4. The predicted octanol–water partition coefficient (Wildman–Crippen LogP) is 2.41. The molecule has 1 aromatic heterocycles. The van der Waals surface area contributed by atoms with Crippen LogP contribution < -0.4 is 11.3 Å². The minimum atomic E-state index is -0.0155. The Bertz CT molecular complexity index is 459. The lowest BCUT2D eigenvalue weighted by Crippen LogP contribution is -2.41. The van der Waals surface area contributed by atoms with Crippen molar-refractivity contribution in [1.82, 2.24) is 9.88 Å². The number of rotatable bonds is 3. The summed E-state index contributed by atoms with van der Waals surface area (Å²) in [7, 11) is 1.88. The molecule has 1 aliphatic rings. The van der Waals surface area contributed by atoms with Gasteiger partial charge >= 0.3 is 0 Å². The first-order chi connectivity index (χ1) is 9.43. The summed E-state index contributed by atoms with van der Waals surface area (Å²) < 4.78 is 0. The van der Waals surface area contributed by atoms with Crippen LogP contribution in [0.25, 0.3) is 0 Å². The van der Waals surface area contributed by atoms with E-state index in [1.54, 1.807) is 18.3 Å². The summed E-state index contributed by atoms with van der Waals surface area (Å²) in [6.45, 7) is 4.59. The zero-order chi connectivity index (χ0) is 14.8. The number of nitrogens with two attached hydrogens (primary N) is 1. The smallest absolute Gasteiger partial charge is 0.272 e. The second kappa shape index (κ2) is 5.79. The van der Waals surface area contributed by atoms with E-state index in [2.05, 4.69) is 24.3 Å². The van der Waals surface area contributed by atoms with Crippen LogP contribution in [0.15, 0.2) is 18.3 Å². The molecule has 5 heteroatoms. The number of nitrogens with zero attached hydrogens (tertiary/aromatic N) is 2. The molecule has 5 nitrogen and oxygen atoms in total. The maximum Gasteiger partial charge on any atom is 0.272 e. The number of amides is 1. The van der Waals surface area contributed by atoms with Gasteiger partial charge in [0, 0.05) is 13.1 Å². The zero-order valence-corrected chi connectivity index (χ0v) is 12.5. The molecule has 1 saturated carbocycles. The van der Waals surface area contributed by atoms with Crippen molar-refractivity contribution in [3.05, 3.63) is 24.0 Å². The van der Waals surface area contributed by atoms with Gasteiger partial charge in [-0.05, 0) is 43.2 Å². The molecule has 20 heavy (non-hydrogen) atoms. The van der Waals surface area contributed by atoms with Crippen molar-refractivity contribution in [3.8, 4) is 0 Å². The van der Waals surface area contributed by atoms with Gasteiger partial charge in [-0.2, -0.15) is 0 Å². The summed E-state index contributed by atoms with van der Waals surface area (Å²) in [5, 5.41) is 0. The SMILES string of the molecule is CN(C(=O)c1ccc(NN)cn1)C1CCC(C)(C)CC1. The second-order valence-corrected chi connectivity index (χ2v) is 6.39. The molecule has 1 aromatic rings. The molecule has 0 atom stereocenters. The Balaban J connectivity index is 2.01. The molecular formula is C15H24N4O. The van der Waals surface area contributed by atoms with E-state index in [0.29, 0.717) is 22.8 Å². The summed E-state index contributed by atoms with van der Waals surface area (Å²) >= 11 is 0. The van der Waals surface area contributed by atoms with Crippen LogP contribution in [0.1, 0.15) is 50.0 Å². The van der Waals surface area contributed by atoms with Gasteiger partial charge in [-0.25, -0.2) is 4.98 Å². The summed E-state index contributed by atoms with van der Waals surface area (Å²) in [6, 6.07) is 3.79. The number of carbonyl (C=O) groups is 1. The fraction of sp³-hybridized carbons (Fsp3) is 0.600. The third-order valence-corrected chi connectivity index (χ3v) is 4.33. The summed E-state index contributed by atoms with van der Waals surface area (Å²) in [6.07, 6.45) is 6.04. The van der Waals surface area contributed by atoms with Crippen LogP contribution in [0.3, 0.4) is 0 Å². The van der Waals surface area contributed by atoms with Gasteiger partial charge < -0.3 is 10.3 Å². The highest BCUT2D eigenvalue weighted by molar-refractivity contribution is 5.92. The number of hydrazine groups is 1. The van der Waals surface area contributed by atoms with E-state index < -0.39 is 0 Å². The average Bonchev–Trinajstić information content (AvgIpc) is 2.46. The van der Waals surface area contributed by atoms with Crippen molar-refractivity contribution in [2.45, 2.75) is 45.6 Å². The molecule has 0 aromatic carbocycles. The molecule has 0 unspecified atom stereocenters. The summed E-state index contributed by atoms with van der Waals surface area (Å²) in [5.41, 5.74) is 4.08. The number of nitrogen functional groups attached to an aromatic ring is 1. The number of pyridine rings is 1. The molecule has 0 aliphatic heterocycles. The Morgan fingerprint density at radius 2 is 2.05 bits per heavy atom. The minimum absolute atomic E-state index is 0.0155. The Hall–Kier alpha value is -1.62. The molecule has 1 heterocycles. The molecule has 1 fully saturated rings. The van der Waals surface area contributed by atoms with E-state index in [1.165, 1.54) is 12.8 Å². The topological polar surface area (TPSA) is 71.2 Å². The molecule has 3 N–H and O–H groups in total. The van der Waals surface area contributed by atoms with Crippen LogP contribution in [-0.4, -0.2) is 28.9 Å². The van der Waals surface area contributed by atoms with Crippen LogP contribution in [-0.2, 0) is 0 Å². The molecular weight excluding hydrogens is 252 g/mol. The lowest BCUT2D eigenvalue weighted by Gasteiger charge is -2.38. The van der Waals surface area contributed by atoms with E-state index >= 15 is 0 Å². The fourth-order valence-corrected chi connectivity index (χ4v) is 2.72. The van der Waals surface area contributed by atoms with Crippen molar-refractivity contribution < 1.29 is 4.79 Å². The van der Waals surface area contributed by atoms with E-state index in [1.807, 2.05) is 11.9 Å². The highest BCUT2D eigenvalue weighted by atomic mass is 16.2. The van der Waals surface area contributed by atoms with Gasteiger partial charge in [0.05, 0.1) is 11.9 Å². The van der Waals surface area contributed by atoms with Crippen LogP contribution >= 0.6 is 0 Å². The van der Waals surface area contributed by atoms with Gasteiger partial charge in [0.25, 0.3) is 5.91 Å². The number of aromatic nitrogens is 1. The largest absolute Gasteiger partial charge is 0.337 e. The Labute approximate surface area is 120 Å². The maximum absolute atomic E-state index is 12.4. The van der Waals surface area contributed by atoms with Gasteiger partial charge in [0.2, 0.25) is 0 Å². The first-order valence-corrected chi connectivity index (χ1v) is 7.13. The monoisotopic (exact) mass is 276 g/mol. The van der Waals surface area contributed by atoms with Crippen LogP contribution in [0, 0.1) is 5.41 Å². The normalized spacial score (nSPS) is 18.6. The molecule has 2 rings (SSSR count). The van der Waals surface area contributed by atoms with Gasteiger partial charge in [-0.15, -0.1) is 0 Å². The van der Waals surface area contributed by atoms with Crippen molar-refractivity contribution in [2.75, 3.05) is 12.5 Å². The molecule has 1 aliphatic carbocycles. The first kappa shape index (κ1) is 14.8. The van der Waals surface area contributed by atoms with Crippen molar-refractivity contribution in [3.63, 3.8) is 0 Å². The lowest BCUT2D eigenvalue weighted by molar-refractivity contribution is 0.0629. The third-order valence-electron chi connectivity index (χ3n) is 4.33. The molecule has 1 amide bonds. The van der Waals surface area contributed by atoms with E-state index in [0.717, 1.165) is 12.8 Å². The Morgan fingerprint density at radius 1 is 1.40 bits per heavy atom. The Morgan fingerprint density at radius 3 is 2.55 bits per heavy atom. The lowest BCUT2D eigenvalue weighted by atomic mass is 9.75. The van der Waals surface area contributed by atoms with E-state index in [4.69, 9.17) is 5.84 Å². The van der Waals surface area contributed by atoms with Gasteiger partial charge in [0.15, 0.2) is 0 Å². The van der Waals surface area contributed by atoms with E-state index in [9.17, 15) is 4.79 Å². The molecule has 0 radical (unpaired) electrons. The fourth-order valence-electron chi connectivity index (χ4n) is 2.72. The van der Waals surface area contributed by atoms with Gasteiger partial charge in [-0.1, -0.05) is 13.8 Å². The molecule has 0 bridgehead atoms. The highest BCUT2D eigenvalue weighted by Gasteiger charge is 2.31. The third kappa shape index (κ3) is 3.28. The second-order valence-electron chi connectivity index (χ2n) is 6.39. The van der Waals surface area contributed by atoms with Crippen LogP contribution in [0.2, 0.25) is 0 Å². The van der Waals surface area contributed by atoms with Crippen molar-refractivity contribution in [2.24, 2.45) is 11.3 Å². The highest BCUT2D eigenvalue weighted by Crippen LogP contribution is 2.36. The van der Waals surface area contributed by atoms with Gasteiger partial charge in [-0.3, -0.25) is 10.6 Å². The van der Waals surface area contributed by atoms with Gasteiger partial charge in [0.1, 0.15) is 5.69 Å². The number of hydrogen-bond acceptors (Lipinski definition) is 4. The number of hydrogen-bond donors (Lipinski definition) is 2. The molecule has 110 valence electrons. The zero-order valence-electron chi connectivity index (χ0n) is 12.5. The summed E-state index contributed by atoms with van der Waals surface area (Å²) in [4.78, 5) is 18.4. The standard InChI is InChI=1S/C15H24N4O/c1-15(2)8-6-12(7-9-15)19(3)14(20)13-5-4-11(18-16)10-17-13/h4-5,10,12,18H,6-9,16H2,1-3H3. The van der Waals surface area contributed by atoms with E-state index in [-0.39, 0.29) is 5.91 Å². The predicted molar refractivity (Wildman–Crippen MR) is 80.2 cm³/mol. The molecule has 0 saturated heterocycles. The Kier molecular flexibility index (Phi) is 4.28.